The largest absolute Gasteiger partial charge is 0.309 e. The molecule has 0 bridgehead atoms. The van der Waals surface area contributed by atoms with Gasteiger partial charge in [-0.3, -0.25) is 0 Å². The average molecular weight is 215 g/mol. The first-order chi connectivity index (χ1) is 6.57. The highest BCUT2D eigenvalue weighted by molar-refractivity contribution is 7.91. The highest BCUT2D eigenvalue weighted by Crippen LogP contribution is 2.13. The van der Waals surface area contributed by atoms with Crippen molar-refractivity contribution in [2.75, 3.05) is 11.5 Å². The summed E-state index contributed by atoms with van der Waals surface area (Å²) in [5.74, 6) is 3.19. The van der Waals surface area contributed by atoms with Crippen LogP contribution in [0.15, 0.2) is 0 Å². The molecule has 1 saturated heterocycles. The van der Waals surface area contributed by atoms with Crippen LogP contribution in [0, 0.1) is 12.3 Å². The second kappa shape index (κ2) is 4.81. The third kappa shape index (κ3) is 3.32. The van der Waals surface area contributed by atoms with E-state index in [0.717, 1.165) is 12.8 Å². The van der Waals surface area contributed by atoms with Gasteiger partial charge in [-0.05, 0) is 12.8 Å². The van der Waals surface area contributed by atoms with Gasteiger partial charge in [0, 0.05) is 18.5 Å². The van der Waals surface area contributed by atoms with E-state index in [2.05, 4.69) is 18.2 Å². The Labute approximate surface area is 86.2 Å². The minimum Gasteiger partial charge on any atom is -0.309 e. The molecule has 1 aliphatic heterocycles. The molecule has 0 radical (unpaired) electrons. The molecule has 2 atom stereocenters. The average Bonchev–Trinajstić information content (AvgIpc) is 2.45. The van der Waals surface area contributed by atoms with Crippen molar-refractivity contribution in [1.82, 2.24) is 5.32 Å². The normalized spacial score (nSPS) is 27.0. The summed E-state index contributed by atoms with van der Waals surface area (Å²) < 4.78 is 22.4. The van der Waals surface area contributed by atoms with Crippen molar-refractivity contribution in [3.05, 3.63) is 0 Å². The van der Waals surface area contributed by atoms with E-state index < -0.39 is 9.84 Å². The van der Waals surface area contributed by atoms with Gasteiger partial charge in [0.15, 0.2) is 9.84 Å². The lowest BCUT2D eigenvalue weighted by molar-refractivity contribution is 0.443. The zero-order chi connectivity index (χ0) is 10.6. The van der Waals surface area contributed by atoms with Gasteiger partial charge < -0.3 is 5.32 Å². The first kappa shape index (κ1) is 11.5. The van der Waals surface area contributed by atoms with E-state index in [-0.39, 0.29) is 17.8 Å². The molecule has 1 N–H and O–H groups in total. The summed E-state index contributed by atoms with van der Waals surface area (Å²) in [6, 6.07) is 0.372. The Morgan fingerprint density at radius 3 is 2.79 bits per heavy atom. The van der Waals surface area contributed by atoms with Crippen LogP contribution >= 0.6 is 0 Å². The first-order valence-electron chi connectivity index (χ1n) is 4.97. The topological polar surface area (TPSA) is 46.2 Å². The minimum absolute atomic E-state index is 0.110. The molecule has 1 aliphatic rings. The van der Waals surface area contributed by atoms with Crippen LogP contribution in [-0.2, 0) is 9.84 Å². The zero-order valence-electron chi connectivity index (χ0n) is 8.49. The molecule has 0 aromatic heterocycles. The van der Waals surface area contributed by atoms with Gasteiger partial charge >= 0.3 is 0 Å². The lowest BCUT2D eigenvalue weighted by Crippen LogP contribution is -2.38. The third-order valence-corrected chi connectivity index (χ3v) is 4.33. The smallest absolute Gasteiger partial charge is 0.151 e. The lowest BCUT2D eigenvalue weighted by Gasteiger charge is -2.18. The van der Waals surface area contributed by atoms with Crippen molar-refractivity contribution in [2.45, 2.75) is 38.3 Å². The summed E-state index contributed by atoms with van der Waals surface area (Å²) in [5, 5.41) is 3.30. The fourth-order valence-corrected chi connectivity index (χ4v) is 3.41. The Bertz CT molecular complexity index is 316. The minimum atomic E-state index is -2.78. The summed E-state index contributed by atoms with van der Waals surface area (Å²) in [7, 11) is -2.78. The molecule has 0 amide bonds. The van der Waals surface area contributed by atoms with E-state index in [4.69, 9.17) is 6.42 Å². The molecule has 2 unspecified atom stereocenters. The maximum Gasteiger partial charge on any atom is 0.151 e. The van der Waals surface area contributed by atoms with Crippen LogP contribution < -0.4 is 5.32 Å². The van der Waals surface area contributed by atoms with Crippen LogP contribution in [0.4, 0.5) is 0 Å². The SMILES string of the molecule is C#CCC(CC)NC1CCS(=O)(=O)C1. The molecule has 1 fully saturated rings. The molecule has 0 aromatic carbocycles. The quantitative estimate of drug-likeness (QED) is 0.697. The van der Waals surface area contributed by atoms with E-state index in [9.17, 15) is 8.42 Å². The molecule has 80 valence electrons. The van der Waals surface area contributed by atoms with Crippen molar-refractivity contribution >= 4 is 9.84 Å². The number of hydrogen-bond acceptors (Lipinski definition) is 3. The molecule has 3 nitrogen and oxygen atoms in total. The van der Waals surface area contributed by atoms with Crippen molar-refractivity contribution in [3.63, 3.8) is 0 Å². The van der Waals surface area contributed by atoms with Gasteiger partial charge in [0.25, 0.3) is 0 Å². The standard InChI is InChI=1S/C10H17NO2S/c1-3-5-9(4-2)11-10-6-7-14(12,13)8-10/h1,9-11H,4-8H2,2H3. The summed E-state index contributed by atoms with van der Waals surface area (Å²) in [4.78, 5) is 0. The molecule has 14 heavy (non-hydrogen) atoms. The van der Waals surface area contributed by atoms with Crippen LogP contribution in [0.2, 0.25) is 0 Å². The summed E-state index contributed by atoms with van der Waals surface area (Å²) >= 11 is 0. The van der Waals surface area contributed by atoms with E-state index in [0.29, 0.717) is 12.2 Å². The highest BCUT2D eigenvalue weighted by atomic mass is 32.2. The maximum absolute atomic E-state index is 11.2. The lowest BCUT2D eigenvalue weighted by atomic mass is 10.1. The van der Waals surface area contributed by atoms with Crippen molar-refractivity contribution in [3.8, 4) is 12.3 Å². The summed E-state index contributed by atoms with van der Waals surface area (Å²) in [5.41, 5.74) is 0. The van der Waals surface area contributed by atoms with Crippen LogP contribution in [-0.4, -0.2) is 32.0 Å². The predicted molar refractivity (Wildman–Crippen MR) is 57.7 cm³/mol. The molecule has 4 heteroatoms. The van der Waals surface area contributed by atoms with Gasteiger partial charge in [-0.2, -0.15) is 0 Å². The van der Waals surface area contributed by atoms with E-state index in [1.165, 1.54) is 0 Å². The number of sulfone groups is 1. The molecule has 1 rings (SSSR count). The van der Waals surface area contributed by atoms with Gasteiger partial charge in [-0.1, -0.05) is 6.92 Å². The molecule has 0 spiro atoms. The fourth-order valence-electron chi connectivity index (χ4n) is 1.72. The Morgan fingerprint density at radius 2 is 2.36 bits per heavy atom. The second-order valence-corrected chi connectivity index (χ2v) is 6.01. The number of hydrogen-bond donors (Lipinski definition) is 1. The number of nitrogens with one attached hydrogen (secondary N) is 1. The van der Waals surface area contributed by atoms with E-state index in [1.54, 1.807) is 0 Å². The molecule has 0 aromatic rings. The monoisotopic (exact) mass is 215 g/mol. The molecular weight excluding hydrogens is 198 g/mol. The molecular formula is C10H17NO2S. The van der Waals surface area contributed by atoms with Crippen LogP contribution in [0.5, 0.6) is 0 Å². The Morgan fingerprint density at radius 1 is 1.64 bits per heavy atom. The summed E-state index contributed by atoms with van der Waals surface area (Å²) in [6.45, 7) is 2.05. The summed E-state index contributed by atoms with van der Waals surface area (Å²) in [6.07, 6.45) is 7.57. The number of rotatable bonds is 4. The van der Waals surface area contributed by atoms with Gasteiger partial charge in [0.1, 0.15) is 0 Å². The van der Waals surface area contributed by atoms with Crippen molar-refractivity contribution in [2.24, 2.45) is 0 Å². The molecule has 1 heterocycles. The van der Waals surface area contributed by atoms with E-state index >= 15 is 0 Å². The maximum atomic E-state index is 11.2. The van der Waals surface area contributed by atoms with Gasteiger partial charge in [0.05, 0.1) is 11.5 Å². The van der Waals surface area contributed by atoms with E-state index in [1.807, 2.05) is 0 Å². The van der Waals surface area contributed by atoms with Crippen molar-refractivity contribution in [1.29, 1.82) is 0 Å². The zero-order valence-corrected chi connectivity index (χ0v) is 9.31. The first-order valence-corrected chi connectivity index (χ1v) is 6.79. The fraction of sp³-hybridized carbons (Fsp3) is 0.800. The van der Waals surface area contributed by atoms with Crippen LogP contribution in [0.25, 0.3) is 0 Å². The second-order valence-electron chi connectivity index (χ2n) is 3.78. The molecule has 0 aliphatic carbocycles. The Hall–Kier alpha value is -0.530. The van der Waals surface area contributed by atoms with Crippen LogP contribution in [0.3, 0.4) is 0 Å². The van der Waals surface area contributed by atoms with Gasteiger partial charge in [-0.25, -0.2) is 8.42 Å². The predicted octanol–water partition coefficient (Wildman–Crippen LogP) is 0.565. The van der Waals surface area contributed by atoms with Crippen molar-refractivity contribution < 1.29 is 8.42 Å². The van der Waals surface area contributed by atoms with Crippen LogP contribution in [0.1, 0.15) is 26.2 Å². The molecule has 0 saturated carbocycles. The van der Waals surface area contributed by atoms with Gasteiger partial charge in [-0.15, -0.1) is 12.3 Å². The highest BCUT2D eigenvalue weighted by Gasteiger charge is 2.28. The third-order valence-electron chi connectivity index (χ3n) is 2.56. The Kier molecular flexibility index (Phi) is 3.97. The Balaban J connectivity index is 2.42. The number of terminal acetylenes is 1. The van der Waals surface area contributed by atoms with Gasteiger partial charge in [0.2, 0.25) is 0 Å².